The van der Waals surface area contributed by atoms with Crippen LogP contribution < -0.4 is 5.32 Å². The van der Waals surface area contributed by atoms with Crippen molar-refractivity contribution in [2.24, 2.45) is 0 Å². The van der Waals surface area contributed by atoms with Gasteiger partial charge >= 0.3 is 0 Å². The van der Waals surface area contributed by atoms with Gasteiger partial charge in [-0.2, -0.15) is 5.26 Å². The summed E-state index contributed by atoms with van der Waals surface area (Å²) in [5, 5.41) is 11.8. The van der Waals surface area contributed by atoms with Gasteiger partial charge < -0.3 is 5.32 Å². The van der Waals surface area contributed by atoms with Crippen LogP contribution in [0.4, 0.5) is 5.69 Å². The molecule has 0 aliphatic heterocycles. The normalized spacial score (nSPS) is 11.8. The fourth-order valence-corrected chi connectivity index (χ4v) is 1.17. The summed E-state index contributed by atoms with van der Waals surface area (Å²) in [5.74, 6) is 0. The first-order chi connectivity index (χ1) is 6.15. The standard InChI is InChI=1S/C11H14N2/c1-8-5-4-6-11(10(8)3)13-9(2)7-12/h4-6,9,13H,1-3H3. The lowest BCUT2D eigenvalue weighted by Crippen LogP contribution is -2.13. The number of anilines is 1. The van der Waals surface area contributed by atoms with Crippen LogP contribution in [0.3, 0.4) is 0 Å². The highest BCUT2D eigenvalue weighted by atomic mass is 14.9. The van der Waals surface area contributed by atoms with Crippen LogP contribution in [0, 0.1) is 25.2 Å². The lowest BCUT2D eigenvalue weighted by atomic mass is 10.1. The number of rotatable bonds is 2. The maximum Gasteiger partial charge on any atom is 0.111 e. The van der Waals surface area contributed by atoms with E-state index in [0.717, 1.165) is 5.69 Å². The predicted octanol–water partition coefficient (Wildman–Crippen LogP) is 2.63. The molecule has 0 saturated heterocycles. The smallest absolute Gasteiger partial charge is 0.111 e. The van der Waals surface area contributed by atoms with Gasteiger partial charge in [0.15, 0.2) is 0 Å². The Labute approximate surface area is 79.2 Å². The molecule has 1 aromatic carbocycles. The third kappa shape index (κ3) is 2.22. The molecule has 0 heterocycles. The Bertz CT molecular complexity index is 336. The molecule has 0 bridgehead atoms. The molecule has 2 nitrogen and oxygen atoms in total. The second-order valence-corrected chi connectivity index (χ2v) is 3.24. The zero-order valence-electron chi connectivity index (χ0n) is 8.26. The lowest BCUT2D eigenvalue weighted by molar-refractivity contribution is 1.00. The molecule has 13 heavy (non-hydrogen) atoms. The topological polar surface area (TPSA) is 35.8 Å². The minimum atomic E-state index is -0.138. The van der Waals surface area contributed by atoms with Crippen molar-refractivity contribution < 1.29 is 0 Å². The lowest BCUT2D eigenvalue weighted by Gasteiger charge is -2.12. The molecule has 0 aliphatic rings. The van der Waals surface area contributed by atoms with Crippen LogP contribution in [0.5, 0.6) is 0 Å². The van der Waals surface area contributed by atoms with E-state index < -0.39 is 0 Å². The van der Waals surface area contributed by atoms with Gasteiger partial charge in [-0.25, -0.2) is 0 Å². The second kappa shape index (κ2) is 3.95. The van der Waals surface area contributed by atoms with Crippen LogP contribution in [0.2, 0.25) is 0 Å². The number of hydrogen-bond acceptors (Lipinski definition) is 2. The molecule has 1 atom stereocenters. The van der Waals surface area contributed by atoms with Gasteiger partial charge in [0, 0.05) is 5.69 Å². The Balaban J connectivity index is 2.90. The van der Waals surface area contributed by atoms with Gasteiger partial charge in [0.05, 0.1) is 6.07 Å². The van der Waals surface area contributed by atoms with E-state index in [-0.39, 0.29) is 6.04 Å². The van der Waals surface area contributed by atoms with Gasteiger partial charge in [-0.1, -0.05) is 12.1 Å². The average molecular weight is 174 g/mol. The van der Waals surface area contributed by atoms with E-state index in [1.165, 1.54) is 11.1 Å². The molecule has 0 spiro atoms. The van der Waals surface area contributed by atoms with E-state index in [2.05, 4.69) is 31.3 Å². The fraction of sp³-hybridized carbons (Fsp3) is 0.364. The molecule has 1 N–H and O–H groups in total. The van der Waals surface area contributed by atoms with Crippen molar-refractivity contribution in [2.45, 2.75) is 26.8 Å². The van der Waals surface area contributed by atoms with Gasteiger partial charge in [-0.3, -0.25) is 0 Å². The first-order valence-electron chi connectivity index (χ1n) is 4.37. The Kier molecular flexibility index (Phi) is 2.92. The van der Waals surface area contributed by atoms with Crippen molar-refractivity contribution >= 4 is 5.69 Å². The van der Waals surface area contributed by atoms with E-state index in [0.29, 0.717) is 0 Å². The Morgan fingerprint density at radius 1 is 1.38 bits per heavy atom. The number of nitrogens with zero attached hydrogens (tertiary/aromatic N) is 1. The molecule has 0 amide bonds. The molecule has 0 aliphatic carbocycles. The zero-order chi connectivity index (χ0) is 9.84. The SMILES string of the molecule is Cc1cccc(NC(C)C#N)c1C. The highest BCUT2D eigenvalue weighted by molar-refractivity contribution is 5.54. The first-order valence-corrected chi connectivity index (χ1v) is 4.37. The van der Waals surface area contributed by atoms with Gasteiger partial charge in [0.1, 0.15) is 6.04 Å². The summed E-state index contributed by atoms with van der Waals surface area (Å²) >= 11 is 0. The summed E-state index contributed by atoms with van der Waals surface area (Å²) in [6.07, 6.45) is 0. The quantitative estimate of drug-likeness (QED) is 0.748. The van der Waals surface area contributed by atoms with Crippen LogP contribution in [-0.2, 0) is 0 Å². The highest BCUT2D eigenvalue weighted by Crippen LogP contribution is 2.18. The molecule has 0 saturated carbocycles. The largest absolute Gasteiger partial charge is 0.370 e. The number of aryl methyl sites for hydroxylation is 1. The number of nitriles is 1. The van der Waals surface area contributed by atoms with Crippen LogP contribution in [0.25, 0.3) is 0 Å². The summed E-state index contributed by atoms with van der Waals surface area (Å²) in [7, 11) is 0. The fourth-order valence-electron chi connectivity index (χ4n) is 1.17. The molecule has 0 aromatic heterocycles. The maximum atomic E-state index is 8.64. The molecular formula is C11H14N2. The van der Waals surface area contributed by atoms with Gasteiger partial charge in [-0.05, 0) is 38.0 Å². The summed E-state index contributed by atoms with van der Waals surface area (Å²) in [6, 6.07) is 8.07. The molecule has 0 radical (unpaired) electrons. The van der Waals surface area contributed by atoms with Crippen molar-refractivity contribution in [3.05, 3.63) is 29.3 Å². The first kappa shape index (κ1) is 9.60. The number of nitrogens with one attached hydrogen (secondary N) is 1. The molecule has 68 valence electrons. The maximum absolute atomic E-state index is 8.64. The van der Waals surface area contributed by atoms with Gasteiger partial charge in [-0.15, -0.1) is 0 Å². The van der Waals surface area contributed by atoms with Gasteiger partial charge in [0.25, 0.3) is 0 Å². The Hall–Kier alpha value is -1.49. The van der Waals surface area contributed by atoms with Crippen molar-refractivity contribution in [1.29, 1.82) is 5.26 Å². The van der Waals surface area contributed by atoms with E-state index >= 15 is 0 Å². The predicted molar refractivity (Wildman–Crippen MR) is 54.6 cm³/mol. The monoisotopic (exact) mass is 174 g/mol. The average Bonchev–Trinajstić information content (AvgIpc) is 2.13. The van der Waals surface area contributed by atoms with Crippen LogP contribution >= 0.6 is 0 Å². The van der Waals surface area contributed by atoms with Crippen LogP contribution in [-0.4, -0.2) is 6.04 Å². The van der Waals surface area contributed by atoms with Crippen molar-refractivity contribution in [1.82, 2.24) is 0 Å². The molecule has 1 aromatic rings. The Morgan fingerprint density at radius 3 is 2.69 bits per heavy atom. The summed E-state index contributed by atoms with van der Waals surface area (Å²) in [4.78, 5) is 0. The van der Waals surface area contributed by atoms with E-state index in [1.54, 1.807) is 0 Å². The molecule has 1 rings (SSSR count). The van der Waals surface area contributed by atoms with Crippen molar-refractivity contribution in [3.63, 3.8) is 0 Å². The van der Waals surface area contributed by atoms with E-state index in [4.69, 9.17) is 5.26 Å². The van der Waals surface area contributed by atoms with Crippen molar-refractivity contribution in [3.8, 4) is 6.07 Å². The minimum absolute atomic E-state index is 0.138. The van der Waals surface area contributed by atoms with Crippen LogP contribution in [0.15, 0.2) is 18.2 Å². The van der Waals surface area contributed by atoms with E-state index in [1.807, 2.05) is 19.1 Å². The molecule has 0 fully saturated rings. The Morgan fingerprint density at radius 2 is 2.08 bits per heavy atom. The van der Waals surface area contributed by atoms with Crippen LogP contribution in [0.1, 0.15) is 18.1 Å². The number of hydrogen-bond donors (Lipinski definition) is 1. The number of benzene rings is 1. The summed E-state index contributed by atoms with van der Waals surface area (Å²) in [6.45, 7) is 5.97. The third-order valence-electron chi connectivity index (χ3n) is 2.17. The zero-order valence-corrected chi connectivity index (χ0v) is 8.26. The second-order valence-electron chi connectivity index (χ2n) is 3.24. The highest BCUT2D eigenvalue weighted by Gasteiger charge is 2.02. The third-order valence-corrected chi connectivity index (χ3v) is 2.17. The molecule has 2 heteroatoms. The summed E-state index contributed by atoms with van der Waals surface area (Å²) < 4.78 is 0. The minimum Gasteiger partial charge on any atom is -0.370 e. The van der Waals surface area contributed by atoms with E-state index in [9.17, 15) is 0 Å². The van der Waals surface area contributed by atoms with Crippen molar-refractivity contribution in [2.75, 3.05) is 5.32 Å². The molecule has 1 unspecified atom stereocenters. The summed E-state index contributed by atoms with van der Waals surface area (Å²) in [5.41, 5.74) is 3.51. The van der Waals surface area contributed by atoms with Gasteiger partial charge in [0.2, 0.25) is 0 Å². The molecular weight excluding hydrogens is 160 g/mol.